The van der Waals surface area contributed by atoms with Crippen molar-refractivity contribution in [1.29, 1.82) is 0 Å². The molecule has 0 radical (unpaired) electrons. The molecular weight excluding hydrogens is 260 g/mol. The molecule has 2 nitrogen and oxygen atoms in total. The molecule has 0 aliphatic carbocycles. The molecule has 1 heterocycles. The molecule has 3 rings (SSSR count). The summed E-state index contributed by atoms with van der Waals surface area (Å²) >= 11 is 0. The molecule has 0 bridgehead atoms. The molecule has 4 heteroatoms. The lowest BCUT2D eigenvalue weighted by Gasteiger charge is -2.03. The van der Waals surface area contributed by atoms with Crippen molar-refractivity contribution in [2.75, 3.05) is 7.05 Å². The highest BCUT2D eigenvalue weighted by Gasteiger charge is 2.09. The molecule has 20 heavy (non-hydrogen) atoms. The summed E-state index contributed by atoms with van der Waals surface area (Å²) in [5.74, 6) is -0.0793. The van der Waals surface area contributed by atoms with Crippen LogP contribution in [0.5, 0.6) is 0 Å². The van der Waals surface area contributed by atoms with Crippen LogP contribution < -0.4 is 5.32 Å². The van der Waals surface area contributed by atoms with E-state index in [4.69, 9.17) is 4.42 Å². The lowest BCUT2D eigenvalue weighted by atomic mass is 10.1. The van der Waals surface area contributed by atoms with Crippen molar-refractivity contribution >= 4 is 11.0 Å². The molecule has 1 N–H and O–H groups in total. The lowest BCUT2D eigenvalue weighted by Crippen LogP contribution is -2.06. The van der Waals surface area contributed by atoms with Crippen LogP contribution in [0.15, 0.2) is 46.9 Å². The number of furan rings is 1. The van der Waals surface area contributed by atoms with Crippen LogP contribution in [0.4, 0.5) is 8.78 Å². The maximum absolute atomic E-state index is 13.9. The first-order valence-corrected chi connectivity index (χ1v) is 6.30. The molecule has 0 saturated heterocycles. The van der Waals surface area contributed by atoms with Crippen molar-refractivity contribution in [2.45, 2.75) is 6.54 Å². The van der Waals surface area contributed by atoms with Gasteiger partial charge in [-0.05, 0) is 37.4 Å². The molecule has 0 fully saturated rings. The predicted molar refractivity (Wildman–Crippen MR) is 74.3 cm³/mol. The molecule has 0 amide bonds. The molecule has 3 aromatic rings. The summed E-state index contributed by atoms with van der Waals surface area (Å²) in [4.78, 5) is 0. The summed E-state index contributed by atoms with van der Waals surface area (Å²) in [6.45, 7) is 0.470. The number of rotatable bonds is 3. The van der Waals surface area contributed by atoms with Gasteiger partial charge in [-0.1, -0.05) is 12.1 Å². The molecular formula is C16H13F2NO. The van der Waals surface area contributed by atoms with Crippen LogP contribution in [0.1, 0.15) is 5.56 Å². The molecule has 1 aromatic heterocycles. The SMILES string of the molecule is CNCc1ccc(-c2cc3cc(F)ccc3o2)cc1F. The molecule has 0 aliphatic rings. The summed E-state index contributed by atoms with van der Waals surface area (Å²) in [6.07, 6.45) is 0. The summed E-state index contributed by atoms with van der Waals surface area (Å²) in [5.41, 5.74) is 1.82. The van der Waals surface area contributed by atoms with Crippen LogP contribution in [0.2, 0.25) is 0 Å². The molecule has 0 spiro atoms. The number of benzene rings is 2. The van der Waals surface area contributed by atoms with Crippen LogP contribution in [0.3, 0.4) is 0 Å². The third kappa shape index (κ3) is 2.30. The highest BCUT2D eigenvalue weighted by molar-refractivity contribution is 5.82. The van der Waals surface area contributed by atoms with Gasteiger partial charge < -0.3 is 9.73 Å². The van der Waals surface area contributed by atoms with Gasteiger partial charge in [0.2, 0.25) is 0 Å². The van der Waals surface area contributed by atoms with Gasteiger partial charge in [-0.3, -0.25) is 0 Å². The standard InChI is InChI=1S/C16H13F2NO/c1-19-9-11-3-2-10(7-14(11)18)16-8-12-6-13(17)4-5-15(12)20-16/h2-8,19H,9H2,1H3. The van der Waals surface area contributed by atoms with Crippen LogP contribution in [-0.4, -0.2) is 7.05 Å². The second-order valence-corrected chi connectivity index (χ2v) is 4.63. The largest absolute Gasteiger partial charge is 0.456 e. The quantitative estimate of drug-likeness (QED) is 0.777. The summed E-state index contributed by atoms with van der Waals surface area (Å²) in [6, 6.07) is 11.0. The van der Waals surface area contributed by atoms with Crippen molar-refractivity contribution in [3.8, 4) is 11.3 Å². The number of hydrogen-bond acceptors (Lipinski definition) is 2. The number of nitrogens with one attached hydrogen (secondary N) is 1. The molecule has 0 aliphatic heterocycles. The second-order valence-electron chi connectivity index (χ2n) is 4.63. The predicted octanol–water partition coefficient (Wildman–Crippen LogP) is 4.10. The normalized spacial score (nSPS) is 11.2. The van der Waals surface area contributed by atoms with Crippen molar-refractivity contribution in [3.63, 3.8) is 0 Å². The summed E-state index contributed by atoms with van der Waals surface area (Å²) in [5, 5.41) is 3.57. The van der Waals surface area contributed by atoms with Gasteiger partial charge in [0.1, 0.15) is 23.0 Å². The highest BCUT2D eigenvalue weighted by Crippen LogP contribution is 2.29. The third-order valence-corrected chi connectivity index (χ3v) is 3.18. The van der Waals surface area contributed by atoms with E-state index in [1.54, 1.807) is 31.3 Å². The van der Waals surface area contributed by atoms with Crippen molar-refractivity contribution in [2.24, 2.45) is 0 Å². The van der Waals surface area contributed by atoms with Crippen LogP contribution in [0, 0.1) is 11.6 Å². The molecule has 2 aromatic carbocycles. The smallest absolute Gasteiger partial charge is 0.135 e. The molecule has 0 saturated carbocycles. The fourth-order valence-corrected chi connectivity index (χ4v) is 2.19. The summed E-state index contributed by atoms with van der Waals surface area (Å²) in [7, 11) is 1.77. The first kappa shape index (κ1) is 12.8. The first-order chi connectivity index (χ1) is 9.67. The van der Waals surface area contributed by atoms with E-state index >= 15 is 0 Å². The number of halogens is 2. The highest BCUT2D eigenvalue weighted by atomic mass is 19.1. The first-order valence-electron chi connectivity index (χ1n) is 6.30. The Morgan fingerprint density at radius 3 is 2.65 bits per heavy atom. The molecule has 102 valence electrons. The topological polar surface area (TPSA) is 25.2 Å². The zero-order valence-corrected chi connectivity index (χ0v) is 10.9. The monoisotopic (exact) mass is 273 g/mol. The number of fused-ring (bicyclic) bond motifs is 1. The van der Waals surface area contributed by atoms with Gasteiger partial charge in [0.05, 0.1) is 0 Å². The minimum Gasteiger partial charge on any atom is -0.456 e. The third-order valence-electron chi connectivity index (χ3n) is 3.18. The molecule has 0 atom stereocenters. The van der Waals surface area contributed by atoms with E-state index in [9.17, 15) is 8.78 Å². The van der Waals surface area contributed by atoms with Gasteiger partial charge in [-0.25, -0.2) is 8.78 Å². The average Bonchev–Trinajstić information content (AvgIpc) is 2.84. The van der Waals surface area contributed by atoms with Crippen LogP contribution in [-0.2, 0) is 6.54 Å². The van der Waals surface area contributed by atoms with Crippen LogP contribution in [0.25, 0.3) is 22.3 Å². The Bertz CT molecular complexity index is 764. The van der Waals surface area contributed by atoms with Gasteiger partial charge in [0.25, 0.3) is 0 Å². The Kier molecular flexibility index (Phi) is 3.24. The van der Waals surface area contributed by atoms with Gasteiger partial charge in [-0.2, -0.15) is 0 Å². The molecule has 0 unspecified atom stereocenters. The minimum atomic E-state index is -0.319. The van der Waals surface area contributed by atoms with Crippen LogP contribution >= 0.6 is 0 Å². The fraction of sp³-hybridized carbons (Fsp3) is 0.125. The second kappa shape index (κ2) is 5.06. The van der Waals surface area contributed by atoms with E-state index < -0.39 is 0 Å². The van der Waals surface area contributed by atoms with E-state index in [2.05, 4.69) is 5.32 Å². The summed E-state index contributed by atoms with van der Waals surface area (Å²) < 4.78 is 32.7. The van der Waals surface area contributed by atoms with Gasteiger partial charge in [0.15, 0.2) is 0 Å². The Hall–Kier alpha value is -2.20. The van der Waals surface area contributed by atoms with E-state index in [-0.39, 0.29) is 11.6 Å². The Morgan fingerprint density at radius 1 is 1.05 bits per heavy atom. The van der Waals surface area contributed by atoms with Crippen molar-refractivity contribution in [1.82, 2.24) is 5.32 Å². The van der Waals surface area contributed by atoms with E-state index in [0.717, 1.165) is 0 Å². The Balaban J connectivity index is 2.04. The van der Waals surface area contributed by atoms with Gasteiger partial charge in [-0.15, -0.1) is 0 Å². The lowest BCUT2D eigenvalue weighted by molar-refractivity contribution is 0.597. The van der Waals surface area contributed by atoms with E-state index in [1.807, 2.05) is 0 Å². The Morgan fingerprint density at radius 2 is 1.90 bits per heavy atom. The van der Waals surface area contributed by atoms with Gasteiger partial charge >= 0.3 is 0 Å². The van der Waals surface area contributed by atoms with E-state index in [0.29, 0.717) is 34.4 Å². The number of hydrogen-bond donors (Lipinski definition) is 1. The average molecular weight is 273 g/mol. The fourth-order valence-electron chi connectivity index (χ4n) is 2.19. The Labute approximate surface area is 115 Å². The van der Waals surface area contributed by atoms with E-state index in [1.165, 1.54) is 18.2 Å². The maximum atomic E-state index is 13.9. The maximum Gasteiger partial charge on any atom is 0.135 e. The minimum absolute atomic E-state index is 0.288. The van der Waals surface area contributed by atoms with Crippen molar-refractivity contribution in [3.05, 3.63) is 59.7 Å². The zero-order valence-electron chi connectivity index (χ0n) is 10.9. The van der Waals surface area contributed by atoms with Crippen molar-refractivity contribution < 1.29 is 13.2 Å². The van der Waals surface area contributed by atoms with Gasteiger partial charge in [0, 0.05) is 23.1 Å². The zero-order chi connectivity index (χ0) is 14.1.